The quantitative estimate of drug-likeness (QED) is 0.395. The van der Waals surface area contributed by atoms with Crippen LogP contribution in [-0.2, 0) is 4.79 Å². The lowest BCUT2D eigenvalue weighted by atomic mass is 10.1. The molecule has 5 rings (SSSR count). The molecule has 2 amide bonds. The van der Waals surface area contributed by atoms with Crippen LogP contribution in [0.5, 0.6) is 5.75 Å². The van der Waals surface area contributed by atoms with Crippen LogP contribution in [0, 0.1) is 0 Å². The lowest BCUT2D eigenvalue weighted by Gasteiger charge is -2.15. The maximum absolute atomic E-state index is 12.6. The molecular formula is C25H26N4O3S. The van der Waals surface area contributed by atoms with E-state index in [0.717, 1.165) is 51.6 Å². The van der Waals surface area contributed by atoms with E-state index < -0.39 is 0 Å². The van der Waals surface area contributed by atoms with Crippen LogP contribution in [0.4, 0.5) is 0 Å². The molecule has 8 heteroatoms. The van der Waals surface area contributed by atoms with Gasteiger partial charge in [0.1, 0.15) is 5.75 Å². The zero-order chi connectivity index (χ0) is 22.8. The number of thiazole rings is 1. The summed E-state index contributed by atoms with van der Waals surface area (Å²) in [7, 11) is 0. The zero-order valence-electron chi connectivity index (χ0n) is 18.5. The Morgan fingerprint density at radius 2 is 2.06 bits per heavy atom. The molecule has 7 nitrogen and oxygen atoms in total. The molecule has 0 bridgehead atoms. The largest absolute Gasteiger partial charge is 0.494 e. The maximum atomic E-state index is 12.6. The van der Waals surface area contributed by atoms with Crippen LogP contribution < -0.4 is 10.1 Å². The fraction of sp³-hybridized carbons (Fsp3) is 0.320. The first-order valence-electron chi connectivity index (χ1n) is 11.3. The van der Waals surface area contributed by atoms with Crippen LogP contribution in [0.2, 0.25) is 0 Å². The average molecular weight is 463 g/mol. The molecule has 0 radical (unpaired) electrons. The Kier molecular flexibility index (Phi) is 6.00. The summed E-state index contributed by atoms with van der Waals surface area (Å²) < 4.78 is 8.60. The molecule has 2 aromatic heterocycles. The minimum Gasteiger partial charge on any atom is -0.494 e. The minimum atomic E-state index is -0.0919. The number of hydrogen-bond donors (Lipinski definition) is 1. The number of fused-ring (bicyclic) bond motifs is 3. The van der Waals surface area contributed by atoms with E-state index in [1.54, 1.807) is 11.3 Å². The Morgan fingerprint density at radius 3 is 2.82 bits per heavy atom. The number of imidazole rings is 1. The summed E-state index contributed by atoms with van der Waals surface area (Å²) in [5, 5.41) is 2.97. The van der Waals surface area contributed by atoms with Crippen LogP contribution >= 0.6 is 11.3 Å². The summed E-state index contributed by atoms with van der Waals surface area (Å²) in [6, 6.07) is 13.7. The smallest absolute Gasteiger partial charge is 0.251 e. The van der Waals surface area contributed by atoms with E-state index >= 15 is 0 Å². The van der Waals surface area contributed by atoms with Gasteiger partial charge in [0.2, 0.25) is 5.91 Å². The summed E-state index contributed by atoms with van der Waals surface area (Å²) in [6.45, 7) is 4.71. The van der Waals surface area contributed by atoms with Crippen LogP contribution in [0.25, 0.3) is 26.4 Å². The minimum absolute atomic E-state index is 0.0919. The normalized spacial score (nSPS) is 13.8. The van der Waals surface area contributed by atoms with Gasteiger partial charge in [-0.1, -0.05) is 11.3 Å². The number of carbonyl (C=O) groups excluding carboxylic acids is 2. The first kappa shape index (κ1) is 21.5. The summed E-state index contributed by atoms with van der Waals surface area (Å²) >= 11 is 1.57. The van der Waals surface area contributed by atoms with Crippen molar-refractivity contribution in [2.75, 3.05) is 26.2 Å². The summed E-state index contributed by atoms with van der Waals surface area (Å²) in [6.07, 6.45) is 4.39. The number of carbonyl (C=O) groups is 2. The van der Waals surface area contributed by atoms with Crippen LogP contribution in [0.3, 0.4) is 0 Å². The van der Waals surface area contributed by atoms with Crippen LogP contribution in [0.1, 0.15) is 36.5 Å². The Bertz CT molecular complexity index is 1310. The van der Waals surface area contributed by atoms with E-state index in [1.807, 2.05) is 60.5 Å². The highest BCUT2D eigenvalue weighted by Crippen LogP contribution is 2.30. The molecule has 3 heterocycles. The number of rotatable bonds is 8. The molecule has 4 aromatic rings. The third-order valence-electron chi connectivity index (χ3n) is 5.88. The van der Waals surface area contributed by atoms with E-state index in [1.165, 1.54) is 0 Å². The van der Waals surface area contributed by atoms with Gasteiger partial charge in [0, 0.05) is 43.4 Å². The van der Waals surface area contributed by atoms with Crippen molar-refractivity contribution in [1.29, 1.82) is 0 Å². The van der Waals surface area contributed by atoms with E-state index in [2.05, 4.69) is 9.72 Å². The topological polar surface area (TPSA) is 75.9 Å². The molecule has 2 aromatic carbocycles. The number of nitrogens with zero attached hydrogens (tertiary/aromatic N) is 3. The molecule has 1 aliphatic rings. The van der Waals surface area contributed by atoms with Crippen molar-refractivity contribution in [3.63, 3.8) is 0 Å². The Labute approximate surface area is 196 Å². The monoisotopic (exact) mass is 462 g/mol. The predicted molar refractivity (Wildman–Crippen MR) is 130 cm³/mol. The van der Waals surface area contributed by atoms with E-state index in [9.17, 15) is 9.59 Å². The van der Waals surface area contributed by atoms with Gasteiger partial charge in [-0.2, -0.15) is 0 Å². The molecule has 1 N–H and O–H groups in total. The van der Waals surface area contributed by atoms with Gasteiger partial charge in [0.15, 0.2) is 4.96 Å². The van der Waals surface area contributed by atoms with Gasteiger partial charge in [0.05, 0.1) is 22.5 Å². The SMILES string of the molecule is CCOc1ccc(-c2cn3c(n2)sc2cc(C(=O)NCCCN4CCCC4=O)ccc23)cc1. The van der Waals surface area contributed by atoms with Gasteiger partial charge in [-0.05, 0) is 62.2 Å². The number of likely N-dealkylation sites (tertiary alicyclic amines) is 1. The van der Waals surface area contributed by atoms with Gasteiger partial charge >= 0.3 is 0 Å². The first-order valence-corrected chi connectivity index (χ1v) is 12.1. The first-order chi connectivity index (χ1) is 16.1. The van der Waals surface area contributed by atoms with Crippen molar-refractivity contribution in [3.8, 4) is 17.0 Å². The van der Waals surface area contributed by atoms with Gasteiger partial charge < -0.3 is 15.0 Å². The van der Waals surface area contributed by atoms with Crippen molar-refractivity contribution < 1.29 is 14.3 Å². The fourth-order valence-electron chi connectivity index (χ4n) is 4.18. The summed E-state index contributed by atoms with van der Waals surface area (Å²) in [5.41, 5.74) is 3.61. The summed E-state index contributed by atoms with van der Waals surface area (Å²) in [5.74, 6) is 0.981. The van der Waals surface area contributed by atoms with Crippen molar-refractivity contribution in [2.24, 2.45) is 0 Å². The highest BCUT2D eigenvalue weighted by Gasteiger charge is 2.19. The molecule has 0 saturated carbocycles. The second-order valence-electron chi connectivity index (χ2n) is 8.11. The van der Waals surface area contributed by atoms with Crippen molar-refractivity contribution in [2.45, 2.75) is 26.2 Å². The van der Waals surface area contributed by atoms with Crippen molar-refractivity contribution in [3.05, 3.63) is 54.2 Å². The third-order valence-corrected chi connectivity index (χ3v) is 6.90. The second-order valence-corrected chi connectivity index (χ2v) is 9.12. The number of benzene rings is 2. The molecule has 0 aliphatic carbocycles. The predicted octanol–water partition coefficient (Wildman–Crippen LogP) is 4.36. The number of amides is 2. The summed E-state index contributed by atoms with van der Waals surface area (Å²) in [4.78, 5) is 31.8. The highest BCUT2D eigenvalue weighted by molar-refractivity contribution is 7.23. The lowest BCUT2D eigenvalue weighted by molar-refractivity contribution is -0.127. The molecule has 0 spiro atoms. The Morgan fingerprint density at radius 1 is 1.21 bits per heavy atom. The van der Waals surface area contributed by atoms with E-state index in [4.69, 9.17) is 9.72 Å². The Hall–Kier alpha value is -3.39. The maximum Gasteiger partial charge on any atom is 0.251 e. The van der Waals surface area contributed by atoms with Crippen molar-refractivity contribution >= 4 is 38.3 Å². The average Bonchev–Trinajstić information content (AvgIpc) is 3.51. The molecular weight excluding hydrogens is 436 g/mol. The standard InChI is InChI=1S/C25H26N4O3S/c1-2-32-19-9-6-17(7-10-19)20-16-29-21-11-8-18(15-22(21)33-25(29)27-20)24(31)26-12-4-14-28-13-3-5-23(28)30/h6-11,15-16H,2-5,12-14H2,1H3,(H,26,31). The van der Waals surface area contributed by atoms with E-state index in [0.29, 0.717) is 31.7 Å². The molecule has 0 unspecified atom stereocenters. The number of aromatic nitrogens is 2. The van der Waals surface area contributed by atoms with Crippen LogP contribution in [0.15, 0.2) is 48.7 Å². The Balaban J connectivity index is 1.26. The van der Waals surface area contributed by atoms with Gasteiger partial charge in [-0.25, -0.2) is 4.98 Å². The number of hydrogen-bond acceptors (Lipinski definition) is 5. The molecule has 1 fully saturated rings. The molecule has 1 aliphatic heterocycles. The lowest BCUT2D eigenvalue weighted by Crippen LogP contribution is -2.30. The molecule has 33 heavy (non-hydrogen) atoms. The van der Waals surface area contributed by atoms with Gasteiger partial charge in [0.25, 0.3) is 5.91 Å². The van der Waals surface area contributed by atoms with Crippen LogP contribution in [-0.4, -0.2) is 52.3 Å². The second kappa shape index (κ2) is 9.23. The molecule has 1 saturated heterocycles. The van der Waals surface area contributed by atoms with Crippen molar-refractivity contribution in [1.82, 2.24) is 19.6 Å². The van der Waals surface area contributed by atoms with E-state index in [-0.39, 0.29) is 11.8 Å². The number of ether oxygens (including phenoxy) is 1. The number of nitrogens with one attached hydrogen (secondary N) is 1. The third kappa shape index (κ3) is 4.43. The highest BCUT2D eigenvalue weighted by atomic mass is 32.1. The van der Waals surface area contributed by atoms with Gasteiger partial charge in [-0.3, -0.25) is 14.0 Å². The fourth-order valence-corrected chi connectivity index (χ4v) is 5.23. The molecule has 0 atom stereocenters. The zero-order valence-corrected chi connectivity index (χ0v) is 19.4. The molecule has 170 valence electrons. The van der Waals surface area contributed by atoms with Gasteiger partial charge in [-0.15, -0.1) is 0 Å².